The van der Waals surface area contributed by atoms with Crippen molar-refractivity contribution in [3.63, 3.8) is 0 Å². The van der Waals surface area contributed by atoms with Crippen molar-refractivity contribution in [1.29, 1.82) is 0 Å². The zero-order chi connectivity index (χ0) is 35.4. The molecule has 3 aromatic heterocycles. The third-order valence-corrected chi connectivity index (χ3v) is 8.95. The van der Waals surface area contributed by atoms with E-state index in [1.165, 1.54) is 22.9 Å². The molecule has 0 aliphatic carbocycles. The van der Waals surface area contributed by atoms with Crippen LogP contribution in [0.3, 0.4) is 0 Å². The molecule has 0 unspecified atom stereocenters. The van der Waals surface area contributed by atoms with Gasteiger partial charge in [-0.1, -0.05) is 25.6 Å². The van der Waals surface area contributed by atoms with Crippen molar-refractivity contribution >= 4 is 24.5 Å². The van der Waals surface area contributed by atoms with Gasteiger partial charge in [0.1, 0.15) is 18.1 Å². The van der Waals surface area contributed by atoms with Crippen molar-refractivity contribution in [2.75, 3.05) is 11.9 Å². The van der Waals surface area contributed by atoms with E-state index in [0.29, 0.717) is 17.1 Å². The molecular formula is C31H31F7N6O3Si. The normalized spacial score (nSPS) is 13.0. The van der Waals surface area contributed by atoms with E-state index in [9.17, 15) is 40.3 Å². The van der Waals surface area contributed by atoms with Crippen LogP contribution in [0.5, 0.6) is 0 Å². The van der Waals surface area contributed by atoms with E-state index in [1.54, 1.807) is 0 Å². The predicted molar refractivity (Wildman–Crippen MR) is 167 cm³/mol. The van der Waals surface area contributed by atoms with E-state index in [1.807, 2.05) is 0 Å². The van der Waals surface area contributed by atoms with Crippen LogP contribution in [0, 0.1) is 18.2 Å². The molecule has 1 aromatic carbocycles. The largest absolute Gasteiger partial charge is 0.423 e. The fraction of sp³-hybridized carbons (Fsp3) is 0.387. The minimum atomic E-state index is -5.02. The molecule has 0 bridgehead atoms. The standard InChI is InChI=1S/C31H31F7N6O3Si/c1-5-21(42-25-17-41-44(18-47-11-12-48(2,3)4)29(46)26(25)31(36,37)38)7-6-9-43-10-8-19-13-23(24(32)14-22(19)28(43)45)27-39-15-20(16-40-27)30(33,34)35/h1,8,10,13-17,21,42H,6-7,9,11-12,18H2,2-4H3/t21-/m0/s1. The molecule has 1 N–H and O–H groups in total. The molecule has 4 aromatic rings. The Labute approximate surface area is 270 Å². The lowest BCUT2D eigenvalue weighted by Crippen LogP contribution is -2.34. The van der Waals surface area contributed by atoms with E-state index < -0.39 is 66.9 Å². The summed E-state index contributed by atoms with van der Waals surface area (Å²) in [5.74, 6) is 1.12. The van der Waals surface area contributed by atoms with Crippen LogP contribution >= 0.6 is 0 Å². The Morgan fingerprint density at radius 2 is 1.71 bits per heavy atom. The van der Waals surface area contributed by atoms with Crippen LogP contribution in [0.15, 0.2) is 52.6 Å². The molecule has 1 atom stereocenters. The zero-order valence-electron chi connectivity index (χ0n) is 26.0. The van der Waals surface area contributed by atoms with Gasteiger partial charge in [0.2, 0.25) is 0 Å². The highest BCUT2D eigenvalue weighted by atomic mass is 28.3. The van der Waals surface area contributed by atoms with Gasteiger partial charge in [0.15, 0.2) is 5.82 Å². The maximum Gasteiger partial charge on any atom is 0.423 e. The molecule has 0 fully saturated rings. The molecule has 0 spiro atoms. The summed E-state index contributed by atoms with van der Waals surface area (Å²) in [5.41, 5.74) is -5.35. The lowest BCUT2D eigenvalue weighted by Gasteiger charge is -2.19. The summed E-state index contributed by atoms with van der Waals surface area (Å²) >= 11 is 0. The van der Waals surface area contributed by atoms with Gasteiger partial charge in [-0.3, -0.25) is 9.59 Å². The first-order valence-electron chi connectivity index (χ1n) is 14.6. The van der Waals surface area contributed by atoms with Gasteiger partial charge in [0.25, 0.3) is 11.1 Å². The van der Waals surface area contributed by atoms with Crippen LogP contribution in [-0.4, -0.2) is 45.0 Å². The van der Waals surface area contributed by atoms with Gasteiger partial charge in [-0.25, -0.2) is 19.0 Å². The number of anilines is 1. The monoisotopic (exact) mass is 696 g/mol. The zero-order valence-corrected chi connectivity index (χ0v) is 27.0. The molecule has 0 aliphatic heterocycles. The molecule has 48 heavy (non-hydrogen) atoms. The smallest absolute Gasteiger partial charge is 0.370 e. The maximum absolute atomic E-state index is 15.0. The van der Waals surface area contributed by atoms with Crippen LogP contribution < -0.4 is 16.4 Å². The van der Waals surface area contributed by atoms with Crippen molar-refractivity contribution in [3.05, 3.63) is 80.6 Å². The Morgan fingerprint density at radius 1 is 1.02 bits per heavy atom. The van der Waals surface area contributed by atoms with Gasteiger partial charge in [-0.15, -0.1) is 6.42 Å². The van der Waals surface area contributed by atoms with Crippen molar-refractivity contribution in [3.8, 4) is 23.7 Å². The van der Waals surface area contributed by atoms with Crippen LogP contribution in [0.4, 0.5) is 36.4 Å². The van der Waals surface area contributed by atoms with E-state index in [-0.39, 0.29) is 48.2 Å². The minimum Gasteiger partial charge on any atom is -0.370 e. The highest BCUT2D eigenvalue weighted by molar-refractivity contribution is 6.76. The van der Waals surface area contributed by atoms with Crippen molar-refractivity contribution in [2.45, 2.75) is 70.2 Å². The molecule has 4 rings (SSSR count). The molecule has 0 aliphatic rings. The van der Waals surface area contributed by atoms with Crippen LogP contribution in [-0.2, 0) is 30.4 Å². The summed E-state index contributed by atoms with van der Waals surface area (Å²) in [7, 11) is -1.46. The van der Waals surface area contributed by atoms with Crippen molar-refractivity contribution in [1.82, 2.24) is 24.3 Å². The first-order valence-corrected chi connectivity index (χ1v) is 18.3. The first kappa shape index (κ1) is 36.3. The fourth-order valence-electron chi connectivity index (χ4n) is 4.61. The first-order chi connectivity index (χ1) is 22.4. The number of aryl methyl sites for hydroxylation is 1. The number of hydrogen-bond acceptors (Lipinski definition) is 7. The van der Waals surface area contributed by atoms with Crippen molar-refractivity contribution < 1.29 is 35.5 Å². The maximum atomic E-state index is 15.0. The van der Waals surface area contributed by atoms with E-state index in [0.717, 1.165) is 18.3 Å². The Bertz CT molecular complexity index is 1930. The van der Waals surface area contributed by atoms with Crippen LogP contribution in [0.2, 0.25) is 25.7 Å². The molecule has 0 amide bonds. The van der Waals surface area contributed by atoms with Gasteiger partial charge in [-0.2, -0.15) is 31.4 Å². The highest BCUT2D eigenvalue weighted by Crippen LogP contribution is 2.33. The predicted octanol–water partition coefficient (Wildman–Crippen LogP) is 6.40. The average molecular weight is 697 g/mol. The number of alkyl halides is 6. The number of fused-ring (bicyclic) bond motifs is 1. The quantitative estimate of drug-likeness (QED) is 0.0792. The number of pyridine rings is 1. The summed E-state index contributed by atoms with van der Waals surface area (Å²) in [6.07, 6.45) is -0.505. The fourth-order valence-corrected chi connectivity index (χ4v) is 5.37. The summed E-state index contributed by atoms with van der Waals surface area (Å²) < 4.78 is 103. The third-order valence-electron chi connectivity index (χ3n) is 7.24. The second-order valence-electron chi connectivity index (χ2n) is 12.1. The molecule has 0 saturated heterocycles. The molecule has 0 saturated carbocycles. The molecule has 9 nitrogen and oxygen atoms in total. The number of hydrogen-bond donors (Lipinski definition) is 1. The number of nitrogens with one attached hydrogen (secondary N) is 1. The number of halogens is 7. The lowest BCUT2D eigenvalue weighted by atomic mass is 10.1. The molecule has 256 valence electrons. The van der Waals surface area contributed by atoms with Gasteiger partial charge < -0.3 is 14.6 Å². The number of nitrogens with zero attached hydrogens (tertiary/aromatic N) is 5. The van der Waals surface area contributed by atoms with Gasteiger partial charge >= 0.3 is 12.4 Å². The summed E-state index contributed by atoms with van der Waals surface area (Å²) in [5, 5.41) is 6.63. The molecule has 0 radical (unpaired) electrons. The Hall–Kier alpha value is -4.56. The second-order valence-corrected chi connectivity index (χ2v) is 17.7. The minimum absolute atomic E-state index is 0.0248. The topological polar surface area (TPSA) is 104 Å². The number of aromatic nitrogens is 5. The van der Waals surface area contributed by atoms with Crippen LogP contribution in [0.1, 0.15) is 24.0 Å². The van der Waals surface area contributed by atoms with Crippen molar-refractivity contribution in [2.24, 2.45) is 0 Å². The molecular weight excluding hydrogens is 665 g/mol. The Balaban J connectivity index is 1.46. The third kappa shape index (κ3) is 8.86. The summed E-state index contributed by atoms with van der Waals surface area (Å²) in [6, 6.07) is 3.45. The number of benzene rings is 1. The molecule has 3 heterocycles. The highest BCUT2D eigenvalue weighted by Gasteiger charge is 2.38. The van der Waals surface area contributed by atoms with Gasteiger partial charge in [0, 0.05) is 39.8 Å². The summed E-state index contributed by atoms with van der Waals surface area (Å²) in [6.45, 7) is 6.20. The number of rotatable bonds is 12. The van der Waals surface area contributed by atoms with Gasteiger partial charge in [-0.05, 0) is 42.5 Å². The molecule has 17 heteroatoms. The average Bonchev–Trinajstić information content (AvgIpc) is 2.99. The van der Waals surface area contributed by atoms with E-state index >= 15 is 0 Å². The number of terminal acetylenes is 1. The van der Waals surface area contributed by atoms with Crippen LogP contribution in [0.25, 0.3) is 22.2 Å². The lowest BCUT2D eigenvalue weighted by molar-refractivity contribution is -0.139. The summed E-state index contributed by atoms with van der Waals surface area (Å²) in [4.78, 5) is 33.0. The second kappa shape index (κ2) is 14.3. The number of ether oxygens (including phenoxy) is 1. The Kier molecular flexibility index (Phi) is 10.8. The van der Waals surface area contributed by atoms with E-state index in [4.69, 9.17) is 11.2 Å². The SMILES string of the molecule is C#C[C@@H](CCCn1ccc2cc(-c3ncc(C(F)(F)F)cn3)c(F)cc2c1=O)Nc1cnn(COCC[Si](C)(C)C)c(=O)c1C(F)(F)F. The van der Waals surface area contributed by atoms with E-state index in [2.05, 4.69) is 45.9 Å². The Morgan fingerprint density at radius 3 is 2.31 bits per heavy atom. The van der Waals surface area contributed by atoms with Gasteiger partial charge in [0.05, 0.1) is 34.4 Å².